The van der Waals surface area contributed by atoms with Crippen LogP contribution in [0.25, 0.3) is 0 Å². The first-order valence-corrected chi connectivity index (χ1v) is 5.07. The average Bonchev–Trinajstić information content (AvgIpc) is 2.16. The van der Waals surface area contributed by atoms with E-state index in [1.165, 1.54) is 0 Å². The quantitative estimate of drug-likeness (QED) is 0.700. The molecule has 0 aromatic rings. The zero-order valence-corrected chi connectivity index (χ0v) is 9.25. The Balaban J connectivity index is 2.60. The summed E-state index contributed by atoms with van der Waals surface area (Å²) in [5.41, 5.74) is 5.09. The third-order valence-corrected chi connectivity index (χ3v) is 2.77. The van der Waals surface area contributed by atoms with Crippen LogP contribution in [0.15, 0.2) is 0 Å². The van der Waals surface area contributed by atoms with Gasteiger partial charge in [0.05, 0.1) is 0 Å². The predicted molar refractivity (Wildman–Crippen MR) is 54.9 cm³/mol. The second-order valence-corrected chi connectivity index (χ2v) is 4.37. The molecule has 4 nitrogen and oxygen atoms in total. The van der Waals surface area contributed by atoms with E-state index in [1.807, 2.05) is 0 Å². The molecule has 2 N–H and O–H groups in total. The van der Waals surface area contributed by atoms with E-state index in [2.05, 4.69) is 0 Å². The Hall–Kier alpha value is -0.610. The van der Waals surface area contributed by atoms with E-state index in [-0.39, 0.29) is 11.9 Å². The summed E-state index contributed by atoms with van der Waals surface area (Å²) in [5.74, 6) is 0.0372. The van der Waals surface area contributed by atoms with Crippen LogP contribution in [0.4, 0.5) is 0 Å². The van der Waals surface area contributed by atoms with Gasteiger partial charge in [0.1, 0.15) is 5.60 Å². The fourth-order valence-electron chi connectivity index (χ4n) is 1.66. The van der Waals surface area contributed by atoms with Crippen molar-refractivity contribution in [2.45, 2.75) is 38.3 Å². The molecule has 1 saturated heterocycles. The standard InChI is InChI=1S/C10H20N2O2/c1-10(2,14-3)9(13)12-6-4-5-8(11)7-12/h8H,4-7,11H2,1-3H3. The molecule has 1 amide bonds. The SMILES string of the molecule is COC(C)(C)C(=O)N1CCCC(N)C1. The Bertz CT molecular complexity index is 216. The van der Waals surface area contributed by atoms with Crippen LogP contribution >= 0.6 is 0 Å². The van der Waals surface area contributed by atoms with Crippen LogP contribution in [0.3, 0.4) is 0 Å². The molecular weight excluding hydrogens is 180 g/mol. The van der Waals surface area contributed by atoms with Gasteiger partial charge in [-0.15, -0.1) is 0 Å². The number of nitrogens with two attached hydrogens (primary N) is 1. The molecule has 4 heteroatoms. The van der Waals surface area contributed by atoms with Gasteiger partial charge in [0.2, 0.25) is 0 Å². The number of likely N-dealkylation sites (tertiary alicyclic amines) is 1. The third-order valence-electron chi connectivity index (χ3n) is 2.77. The predicted octanol–water partition coefficient (Wildman–Crippen LogP) is 0.361. The first-order chi connectivity index (χ1) is 6.47. The van der Waals surface area contributed by atoms with Gasteiger partial charge in [-0.2, -0.15) is 0 Å². The van der Waals surface area contributed by atoms with E-state index in [9.17, 15) is 4.79 Å². The maximum atomic E-state index is 11.9. The average molecular weight is 200 g/mol. The topological polar surface area (TPSA) is 55.6 Å². The van der Waals surface area contributed by atoms with Crippen LogP contribution in [0.5, 0.6) is 0 Å². The lowest BCUT2D eigenvalue weighted by Crippen LogP contribution is -2.52. The van der Waals surface area contributed by atoms with Crippen LogP contribution < -0.4 is 5.73 Å². The van der Waals surface area contributed by atoms with Crippen molar-refractivity contribution in [2.24, 2.45) is 5.73 Å². The highest BCUT2D eigenvalue weighted by Gasteiger charge is 2.33. The molecule has 1 unspecified atom stereocenters. The van der Waals surface area contributed by atoms with Crippen LogP contribution in [-0.4, -0.2) is 42.6 Å². The second kappa shape index (κ2) is 4.28. The number of carbonyl (C=O) groups is 1. The third kappa shape index (κ3) is 2.45. The Morgan fingerprint density at radius 2 is 2.21 bits per heavy atom. The molecule has 1 aliphatic heterocycles. The maximum Gasteiger partial charge on any atom is 0.254 e. The van der Waals surface area contributed by atoms with Crippen molar-refractivity contribution in [1.29, 1.82) is 0 Å². The lowest BCUT2D eigenvalue weighted by Gasteiger charge is -2.35. The summed E-state index contributed by atoms with van der Waals surface area (Å²) in [7, 11) is 1.56. The molecule has 0 spiro atoms. The number of hydrogen-bond acceptors (Lipinski definition) is 3. The van der Waals surface area contributed by atoms with Crippen LogP contribution in [0.1, 0.15) is 26.7 Å². The zero-order chi connectivity index (χ0) is 10.8. The number of rotatable bonds is 2. The summed E-state index contributed by atoms with van der Waals surface area (Å²) in [6.07, 6.45) is 2.00. The number of amides is 1. The van der Waals surface area contributed by atoms with Gasteiger partial charge >= 0.3 is 0 Å². The number of ether oxygens (including phenoxy) is 1. The van der Waals surface area contributed by atoms with Gasteiger partial charge in [-0.25, -0.2) is 0 Å². The Morgan fingerprint density at radius 1 is 1.57 bits per heavy atom. The highest BCUT2D eigenvalue weighted by Crippen LogP contribution is 2.16. The van der Waals surface area contributed by atoms with Crippen molar-refractivity contribution in [3.63, 3.8) is 0 Å². The fourth-order valence-corrected chi connectivity index (χ4v) is 1.66. The van der Waals surface area contributed by atoms with E-state index in [1.54, 1.807) is 25.9 Å². The van der Waals surface area contributed by atoms with Gasteiger partial charge in [0, 0.05) is 26.2 Å². The van der Waals surface area contributed by atoms with Gasteiger partial charge in [-0.05, 0) is 26.7 Å². The highest BCUT2D eigenvalue weighted by atomic mass is 16.5. The van der Waals surface area contributed by atoms with Gasteiger partial charge in [0.15, 0.2) is 0 Å². The molecule has 0 aliphatic carbocycles. The Morgan fingerprint density at radius 3 is 2.71 bits per heavy atom. The van der Waals surface area contributed by atoms with Crippen LogP contribution in [0, 0.1) is 0 Å². The van der Waals surface area contributed by atoms with Crippen LogP contribution in [0.2, 0.25) is 0 Å². The maximum absolute atomic E-state index is 11.9. The lowest BCUT2D eigenvalue weighted by molar-refractivity contribution is -0.152. The summed E-state index contributed by atoms with van der Waals surface area (Å²) in [5, 5.41) is 0. The first-order valence-electron chi connectivity index (χ1n) is 5.07. The minimum absolute atomic E-state index is 0.0372. The van der Waals surface area contributed by atoms with E-state index < -0.39 is 5.60 Å². The lowest BCUT2D eigenvalue weighted by atomic mass is 10.0. The monoisotopic (exact) mass is 200 g/mol. The Labute approximate surface area is 85.4 Å². The molecule has 82 valence electrons. The number of piperidine rings is 1. The van der Waals surface area contributed by atoms with E-state index >= 15 is 0 Å². The van der Waals surface area contributed by atoms with Crippen molar-refractivity contribution in [3.05, 3.63) is 0 Å². The molecule has 0 aromatic heterocycles. The normalized spacial score (nSPS) is 23.7. The van der Waals surface area contributed by atoms with Crippen molar-refractivity contribution in [1.82, 2.24) is 4.90 Å². The number of methoxy groups -OCH3 is 1. The van der Waals surface area contributed by atoms with Gasteiger partial charge < -0.3 is 15.4 Å². The number of carbonyl (C=O) groups excluding carboxylic acids is 1. The molecule has 0 bridgehead atoms. The molecular formula is C10H20N2O2. The minimum atomic E-state index is -0.725. The molecule has 1 heterocycles. The summed E-state index contributed by atoms with van der Waals surface area (Å²) in [6.45, 7) is 5.04. The van der Waals surface area contributed by atoms with E-state index in [0.29, 0.717) is 6.54 Å². The van der Waals surface area contributed by atoms with E-state index in [4.69, 9.17) is 10.5 Å². The summed E-state index contributed by atoms with van der Waals surface area (Å²) in [6, 6.07) is 0.125. The van der Waals surface area contributed by atoms with Crippen LogP contribution in [-0.2, 0) is 9.53 Å². The van der Waals surface area contributed by atoms with E-state index in [0.717, 1.165) is 19.4 Å². The number of nitrogens with zero attached hydrogens (tertiary/aromatic N) is 1. The Kier molecular flexibility index (Phi) is 3.50. The molecule has 1 fully saturated rings. The minimum Gasteiger partial charge on any atom is -0.369 e. The fraction of sp³-hybridized carbons (Fsp3) is 0.900. The second-order valence-electron chi connectivity index (χ2n) is 4.37. The smallest absolute Gasteiger partial charge is 0.254 e. The van der Waals surface area contributed by atoms with Gasteiger partial charge in [-0.1, -0.05) is 0 Å². The van der Waals surface area contributed by atoms with Gasteiger partial charge in [0.25, 0.3) is 5.91 Å². The van der Waals surface area contributed by atoms with Crippen molar-refractivity contribution < 1.29 is 9.53 Å². The molecule has 1 aliphatic rings. The molecule has 0 radical (unpaired) electrons. The van der Waals surface area contributed by atoms with Crippen molar-refractivity contribution in [2.75, 3.05) is 20.2 Å². The highest BCUT2D eigenvalue weighted by molar-refractivity contribution is 5.84. The molecule has 0 aromatic carbocycles. The van der Waals surface area contributed by atoms with Crippen molar-refractivity contribution in [3.8, 4) is 0 Å². The summed E-state index contributed by atoms with van der Waals surface area (Å²) >= 11 is 0. The molecule has 0 saturated carbocycles. The largest absolute Gasteiger partial charge is 0.369 e. The first kappa shape index (κ1) is 11.5. The summed E-state index contributed by atoms with van der Waals surface area (Å²) in [4.78, 5) is 13.7. The summed E-state index contributed by atoms with van der Waals surface area (Å²) < 4.78 is 5.16. The number of hydrogen-bond donors (Lipinski definition) is 1. The van der Waals surface area contributed by atoms with Crippen molar-refractivity contribution >= 4 is 5.91 Å². The molecule has 14 heavy (non-hydrogen) atoms. The zero-order valence-electron chi connectivity index (χ0n) is 9.25. The van der Waals surface area contributed by atoms with Gasteiger partial charge in [-0.3, -0.25) is 4.79 Å². The molecule has 1 rings (SSSR count). The molecule has 1 atom stereocenters.